The maximum Gasteiger partial charge on any atom is 0.331 e. The molecule has 1 heterocycles. The van der Waals surface area contributed by atoms with Crippen molar-refractivity contribution in [1.82, 2.24) is 0 Å². The molecule has 0 bridgehead atoms. The van der Waals surface area contributed by atoms with Gasteiger partial charge in [-0.2, -0.15) is 0 Å². The van der Waals surface area contributed by atoms with Crippen LogP contribution in [0.15, 0.2) is 42.5 Å². The molecular weight excluding hydrogens is 398 g/mol. The highest BCUT2D eigenvalue weighted by atomic mass is 16.5. The molecule has 0 aromatic heterocycles. The summed E-state index contributed by atoms with van der Waals surface area (Å²) in [5, 5.41) is 2.70. The number of rotatable bonds is 8. The second kappa shape index (κ2) is 10.0. The molecule has 0 aliphatic carbocycles. The van der Waals surface area contributed by atoms with Gasteiger partial charge in [-0.3, -0.25) is 4.79 Å². The molecular formula is C24H27NO6. The first-order valence-electron chi connectivity index (χ1n) is 10.2. The second-order valence-corrected chi connectivity index (χ2v) is 7.17. The maximum atomic E-state index is 12.4. The van der Waals surface area contributed by atoms with Crippen LogP contribution in [0.4, 0.5) is 5.69 Å². The molecule has 2 aromatic rings. The van der Waals surface area contributed by atoms with Crippen molar-refractivity contribution in [3.63, 3.8) is 0 Å². The second-order valence-electron chi connectivity index (χ2n) is 7.17. The lowest BCUT2D eigenvalue weighted by atomic mass is 10.1. The van der Waals surface area contributed by atoms with Crippen LogP contribution in [-0.2, 0) is 20.7 Å². The van der Waals surface area contributed by atoms with Crippen molar-refractivity contribution in [2.75, 3.05) is 19.0 Å². The molecule has 31 heavy (non-hydrogen) atoms. The Labute approximate surface area is 181 Å². The fourth-order valence-corrected chi connectivity index (χ4v) is 3.27. The third-order valence-corrected chi connectivity index (χ3v) is 4.75. The van der Waals surface area contributed by atoms with E-state index in [1.54, 1.807) is 30.3 Å². The molecule has 3 rings (SSSR count). The van der Waals surface area contributed by atoms with E-state index in [4.69, 9.17) is 18.9 Å². The predicted octanol–water partition coefficient (Wildman–Crippen LogP) is 4.00. The van der Waals surface area contributed by atoms with Crippen molar-refractivity contribution in [3.8, 4) is 17.2 Å². The Hall–Kier alpha value is -3.48. The number of hydrogen-bond donors (Lipinski definition) is 1. The summed E-state index contributed by atoms with van der Waals surface area (Å²) in [4.78, 5) is 24.7. The van der Waals surface area contributed by atoms with E-state index in [1.165, 1.54) is 20.1 Å². The smallest absolute Gasteiger partial charge is 0.331 e. The van der Waals surface area contributed by atoms with Gasteiger partial charge in [0, 0.05) is 23.6 Å². The van der Waals surface area contributed by atoms with Gasteiger partial charge in [-0.1, -0.05) is 12.1 Å². The lowest BCUT2D eigenvalue weighted by molar-refractivity contribution is -0.148. The Balaban J connectivity index is 1.65. The normalized spacial score (nSPS) is 15.7. The Kier molecular flexibility index (Phi) is 7.18. The molecule has 0 saturated carbocycles. The first-order valence-corrected chi connectivity index (χ1v) is 10.2. The molecule has 0 fully saturated rings. The number of carbonyl (C=O) groups is 2. The van der Waals surface area contributed by atoms with Crippen LogP contribution in [0, 0.1) is 0 Å². The van der Waals surface area contributed by atoms with Crippen LogP contribution < -0.4 is 19.5 Å². The molecule has 1 aliphatic heterocycles. The molecule has 1 N–H and O–H groups in total. The third-order valence-electron chi connectivity index (χ3n) is 4.75. The molecule has 164 valence electrons. The lowest BCUT2D eigenvalue weighted by Crippen LogP contribution is -2.29. The van der Waals surface area contributed by atoms with E-state index < -0.39 is 18.0 Å². The van der Waals surface area contributed by atoms with Crippen molar-refractivity contribution >= 4 is 23.6 Å². The topological polar surface area (TPSA) is 83.1 Å². The van der Waals surface area contributed by atoms with Crippen molar-refractivity contribution in [1.29, 1.82) is 0 Å². The number of fused-ring (bicyclic) bond motifs is 1. The molecule has 7 heteroatoms. The monoisotopic (exact) mass is 425 g/mol. The highest BCUT2D eigenvalue weighted by Gasteiger charge is 2.22. The van der Waals surface area contributed by atoms with Crippen LogP contribution in [0.2, 0.25) is 0 Å². The minimum absolute atomic E-state index is 0.108. The van der Waals surface area contributed by atoms with Gasteiger partial charge in [0.05, 0.1) is 19.4 Å². The number of para-hydroxylation sites is 2. The molecule has 0 saturated heterocycles. The summed E-state index contributed by atoms with van der Waals surface area (Å²) in [7, 11) is 1.51. The van der Waals surface area contributed by atoms with Gasteiger partial charge in [0.15, 0.2) is 6.10 Å². The molecule has 0 unspecified atom stereocenters. The first-order chi connectivity index (χ1) is 14.9. The number of carbonyl (C=O) groups excluding carboxylic acids is 2. The van der Waals surface area contributed by atoms with Gasteiger partial charge in [-0.15, -0.1) is 0 Å². The Morgan fingerprint density at radius 3 is 2.77 bits per heavy atom. The van der Waals surface area contributed by atoms with Crippen LogP contribution in [0.1, 0.15) is 31.9 Å². The average Bonchev–Trinajstić information content (AvgIpc) is 3.11. The third kappa shape index (κ3) is 5.57. The highest BCUT2D eigenvalue weighted by molar-refractivity contribution is 5.97. The van der Waals surface area contributed by atoms with E-state index in [0.29, 0.717) is 29.4 Å². The average molecular weight is 425 g/mol. The van der Waals surface area contributed by atoms with E-state index in [9.17, 15) is 9.59 Å². The van der Waals surface area contributed by atoms with Gasteiger partial charge in [0.1, 0.15) is 23.4 Å². The summed E-state index contributed by atoms with van der Waals surface area (Å²) in [6.07, 6.45) is 2.81. The highest BCUT2D eigenvalue weighted by Crippen LogP contribution is 2.35. The number of methoxy groups -OCH3 is 1. The number of nitrogens with one attached hydrogen (secondary N) is 1. The molecule has 2 atom stereocenters. The van der Waals surface area contributed by atoms with Crippen LogP contribution in [0.25, 0.3) is 6.08 Å². The van der Waals surface area contributed by atoms with Crippen LogP contribution >= 0.6 is 0 Å². The Bertz CT molecular complexity index is 984. The first kappa shape index (κ1) is 22.2. The zero-order valence-corrected chi connectivity index (χ0v) is 18.1. The van der Waals surface area contributed by atoms with Crippen LogP contribution in [0.3, 0.4) is 0 Å². The van der Waals surface area contributed by atoms with E-state index in [2.05, 4.69) is 5.32 Å². The summed E-state index contributed by atoms with van der Waals surface area (Å²) in [5.41, 5.74) is 2.29. The van der Waals surface area contributed by atoms with Crippen molar-refractivity contribution in [3.05, 3.63) is 53.6 Å². The SMILES string of the molecule is CCOc1cc2c(cc1/C=C/C(=O)O[C@@H](C)C(=O)Nc1ccccc1OC)O[C@@H](C)C2. The number of anilines is 1. The van der Waals surface area contributed by atoms with E-state index in [0.717, 1.165) is 17.7 Å². The molecule has 1 amide bonds. The summed E-state index contributed by atoms with van der Waals surface area (Å²) in [6.45, 7) is 5.91. The Morgan fingerprint density at radius 2 is 2.03 bits per heavy atom. The van der Waals surface area contributed by atoms with E-state index in [1.807, 2.05) is 26.0 Å². The fourth-order valence-electron chi connectivity index (χ4n) is 3.27. The van der Waals surface area contributed by atoms with Crippen LogP contribution in [-0.4, -0.2) is 37.8 Å². The van der Waals surface area contributed by atoms with Crippen LogP contribution in [0.5, 0.6) is 17.2 Å². The fraction of sp³-hybridized carbons (Fsp3) is 0.333. The number of ether oxygens (including phenoxy) is 4. The number of amides is 1. The zero-order valence-electron chi connectivity index (χ0n) is 18.1. The minimum atomic E-state index is -0.988. The number of hydrogen-bond acceptors (Lipinski definition) is 6. The molecule has 0 radical (unpaired) electrons. The maximum absolute atomic E-state index is 12.4. The van der Waals surface area contributed by atoms with Gasteiger partial charge in [0.2, 0.25) is 0 Å². The molecule has 0 spiro atoms. The summed E-state index contributed by atoms with van der Waals surface area (Å²) < 4.78 is 21.9. The number of benzene rings is 2. The van der Waals surface area contributed by atoms with Crippen molar-refractivity contribution in [2.24, 2.45) is 0 Å². The predicted molar refractivity (Wildman–Crippen MR) is 118 cm³/mol. The minimum Gasteiger partial charge on any atom is -0.495 e. The van der Waals surface area contributed by atoms with E-state index in [-0.39, 0.29) is 6.10 Å². The molecule has 2 aromatic carbocycles. The summed E-state index contributed by atoms with van der Waals surface area (Å²) >= 11 is 0. The zero-order chi connectivity index (χ0) is 22.4. The molecule has 1 aliphatic rings. The molecule has 7 nitrogen and oxygen atoms in total. The van der Waals surface area contributed by atoms with Gasteiger partial charge in [-0.25, -0.2) is 4.79 Å². The van der Waals surface area contributed by atoms with E-state index >= 15 is 0 Å². The van der Waals surface area contributed by atoms with Crippen molar-refractivity contribution < 1.29 is 28.5 Å². The quantitative estimate of drug-likeness (QED) is 0.508. The van der Waals surface area contributed by atoms with Gasteiger partial charge < -0.3 is 24.3 Å². The lowest BCUT2D eigenvalue weighted by Gasteiger charge is -2.14. The van der Waals surface area contributed by atoms with Crippen molar-refractivity contribution in [2.45, 2.75) is 39.4 Å². The van der Waals surface area contributed by atoms with Gasteiger partial charge in [0.25, 0.3) is 5.91 Å². The standard InChI is InChI=1S/C24H27NO6/c1-5-29-21-14-18-12-15(2)30-22(18)13-17(21)10-11-23(26)31-16(3)24(27)25-19-8-6-7-9-20(19)28-4/h6-11,13-16H,5,12H2,1-4H3,(H,25,27)/b11-10+/t15-,16-/m0/s1. The Morgan fingerprint density at radius 1 is 1.26 bits per heavy atom. The number of esters is 1. The summed E-state index contributed by atoms with van der Waals surface area (Å²) in [5.74, 6) is 0.880. The summed E-state index contributed by atoms with van der Waals surface area (Å²) in [6, 6.07) is 10.8. The largest absolute Gasteiger partial charge is 0.495 e. The van der Waals surface area contributed by atoms with Gasteiger partial charge >= 0.3 is 5.97 Å². The van der Waals surface area contributed by atoms with Gasteiger partial charge in [-0.05, 0) is 51.1 Å².